The SMILES string of the molecule is CCc1c(N2CCN(C(=O)c3ncnc(C)c3O)[C@H]3CC[C@@H]32)c(=O)c2nc(N3CCNCC3)cnc2n1CC(=O)Nc1ccc(C(F)(F)F)cc1Cl. The van der Waals surface area contributed by atoms with Crippen molar-refractivity contribution in [3.05, 3.63) is 68.6 Å². The molecule has 2 amide bonds. The molecule has 4 aromatic rings. The fourth-order valence-corrected chi connectivity index (χ4v) is 7.48. The third-order valence-corrected chi connectivity index (χ3v) is 10.3. The van der Waals surface area contributed by atoms with Gasteiger partial charge >= 0.3 is 6.18 Å². The highest BCUT2D eigenvalue weighted by molar-refractivity contribution is 6.33. The third-order valence-electron chi connectivity index (χ3n) is 10.0. The Morgan fingerprint density at radius 2 is 1.83 bits per heavy atom. The summed E-state index contributed by atoms with van der Waals surface area (Å²) in [5, 5.41) is 16.2. The number of aromatic nitrogens is 5. The van der Waals surface area contributed by atoms with E-state index in [1.807, 2.05) is 16.7 Å². The first-order valence-electron chi connectivity index (χ1n) is 17.0. The largest absolute Gasteiger partial charge is 0.504 e. The fourth-order valence-electron chi connectivity index (χ4n) is 7.25. The predicted octanol–water partition coefficient (Wildman–Crippen LogP) is 3.37. The van der Waals surface area contributed by atoms with Crippen LogP contribution in [0.15, 0.2) is 35.5 Å². The fraction of sp³-hybridized carbons (Fsp3) is 0.441. The lowest BCUT2D eigenvalue weighted by atomic mass is 9.81. The molecule has 274 valence electrons. The van der Waals surface area contributed by atoms with Gasteiger partial charge in [0, 0.05) is 51.0 Å². The van der Waals surface area contributed by atoms with E-state index in [-0.39, 0.29) is 76.2 Å². The second-order valence-corrected chi connectivity index (χ2v) is 13.4. The van der Waals surface area contributed by atoms with Crippen molar-refractivity contribution in [2.45, 2.75) is 57.9 Å². The van der Waals surface area contributed by atoms with Gasteiger partial charge in [0.05, 0.1) is 34.2 Å². The summed E-state index contributed by atoms with van der Waals surface area (Å²) < 4.78 is 41.4. The van der Waals surface area contributed by atoms with Gasteiger partial charge in [0.15, 0.2) is 22.6 Å². The van der Waals surface area contributed by atoms with Gasteiger partial charge in [-0.1, -0.05) is 18.5 Å². The Labute approximate surface area is 300 Å². The number of hydrogen-bond acceptors (Lipinski definition) is 11. The van der Waals surface area contributed by atoms with Crippen molar-refractivity contribution >= 4 is 51.8 Å². The predicted molar refractivity (Wildman–Crippen MR) is 187 cm³/mol. The first-order valence-corrected chi connectivity index (χ1v) is 17.4. The molecule has 0 bridgehead atoms. The lowest BCUT2D eigenvalue weighted by molar-refractivity contribution is -0.137. The maximum Gasteiger partial charge on any atom is 0.416 e. The zero-order chi connectivity index (χ0) is 36.9. The van der Waals surface area contributed by atoms with Gasteiger partial charge in [-0.2, -0.15) is 13.2 Å². The molecule has 0 spiro atoms. The Morgan fingerprint density at radius 1 is 1.08 bits per heavy atom. The number of aromatic hydroxyl groups is 1. The number of nitrogens with zero attached hydrogens (tertiary/aromatic N) is 8. The molecule has 2 saturated heterocycles. The number of carbonyl (C=O) groups excluding carboxylic acids is 2. The van der Waals surface area contributed by atoms with Crippen LogP contribution in [-0.2, 0) is 23.9 Å². The van der Waals surface area contributed by atoms with E-state index in [1.54, 1.807) is 22.6 Å². The smallest absolute Gasteiger partial charge is 0.416 e. The molecule has 18 heteroatoms. The van der Waals surface area contributed by atoms with E-state index in [1.165, 1.54) is 6.33 Å². The Morgan fingerprint density at radius 3 is 2.50 bits per heavy atom. The molecule has 1 aliphatic carbocycles. The van der Waals surface area contributed by atoms with E-state index in [2.05, 4.69) is 25.6 Å². The number of aryl methyl sites for hydroxylation is 1. The Balaban J connectivity index is 1.27. The number of rotatable bonds is 7. The first-order chi connectivity index (χ1) is 24.9. The summed E-state index contributed by atoms with van der Waals surface area (Å²) in [7, 11) is 0. The molecule has 5 heterocycles. The topological polar surface area (TPSA) is 162 Å². The molecule has 14 nitrogen and oxygen atoms in total. The molecule has 3 fully saturated rings. The molecule has 52 heavy (non-hydrogen) atoms. The normalized spacial score (nSPS) is 19.0. The van der Waals surface area contributed by atoms with Crippen molar-refractivity contribution in [2.24, 2.45) is 0 Å². The molecule has 2 atom stereocenters. The van der Waals surface area contributed by atoms with Crippen LogP contribution in [0.25, 0.3) is 11.2 Å². The number of hydrogen-bond donors (Lipinski definition) is 3. The number of benzene rings is 1. The van der Waals surface area contributed by atoms with E-state index in [0.29, 0.717) is 49.6 Å². The van der Waals surface area contributed by atoms with E-state index in [9.17, 15) is 32.7 Å². The average molecular weight is 741 g/mol. The van der Waals surface area contributed by atoms with Gasteiger partial charge in [-0.25, -0.2) is 19.9 Å². The molecular weight excluding hydrogens is 705 g/mol. The number of piperazine rings is 2. The standard InChI is InChI=1S/C34H36ClF3N10O4/c1-3-22-29(46-12-13-47(24-7-6-23(24)46)33(52)28-30(50)18(2)41-17-42-28)31(51)27-32(40-15-25(44-27)45-10-8-39-9-11-45)48(22)16-26(49)43-21-5-4-19(14-20(21)35)34(36,37)38/h4-5,14-15,17,23-24,39,50H,3,6-13,16H2,1-2H3,(H,43,49)/t23-,24-/m0/s1. The first kappa shape index (κ1) is 35.4. The summed E-state index contributed by atoms with van der Waals surface area (Å²) in [4.78, 5) is 65.0. The van der Waals surface area contributed by atoms with Crippen LogP contribution in [0.3, 0.4) is 0 Å². The molecule has 1 aromatic carbocycles. The van der Waals surface area contributed by atoms with E-state index < -0.39 is 23.6 Å². The lowest BCUT2D eigenvalue weighted by Gasteiger charge is -2.54. The van der Waals surface area contributed by atoms with Gasteiger partial charge in [0.1, 0.15) is 24.4 Å². The van der Waals surface area contributed by atoms with Crippen molar-refractivity contribution in [1.82, 2.24) is 34.7 Å². The molecule has 3 aliphatic rings. The average Bonchev–Trinajstić information content (AvgIpc) is 3.11. The van der Waals surface area contributed by atoms with Crippen LogP contribution in [0.1, 0.15) is 47.2 Å². The molecule has 1 saturated carbocycles. The van der Waals surface area contributed by atoms with Gasteiger partial charge in [0.25, 0.3) is 5.91 Å². The number of amides is 2. The summed E-state index contributed by atoms with van der Waals surface area (Å²) >= 11 is 6.15. The highest BCUT2D eigenvalue weighted by Crippen LogP contribution is 2.39. The number of pyridine rings is 1. The molecular formula is C34H36ClF3N10O4. The maximum atomic E-state index is 14.6. The summed E-state index contributed by atoms with van der Waals surface area (Å²) in [5.74, 6) is -0.775. The number of nitrogens with one attached hydrogen (secondary N) is 2. The van der Waals surface area contributed by atoms with Gasteiger partial charge in [-0.3, -0.25) is 14.4 Å². The van der Waals surface area contributed by atoms with Crippen LogP contribution in [-0.4, -0.2) is 97.7 Å². The van der Waals surface area contributed by atoms with E-state index in [0.717, 1.165) is 31.3 Å². The quantitative estimate of drug-likeness (QED) is 0.255. The molecule has 3 N–H and O–H groups in total. The molecule has 0 radical (unpaired) electrons. The van der Waals surface area contributed by atoms with Crippen LogP contribution in [0, 0.1) is 6.92 Å². The molecule has 2 aliphatic heterocycles. The van der Waals surface area contributed by atoms with E-state index >= 15 is 0 Å². The summed E-state index contributed by atoms with van der Waals surface area (Å²) in [6, 6.07) is 2.17. The van der Waals surface area contributed by atoms with Gasteiger partial charge in [-0.15, -0.1) is 0 Å². The number of anilines is 3. The second kappa shape index (κ2) is 13.8. The minimum absolute atomic E-state index is 0.00150. The van der Waals surface area contributed by atoms with Crippen molar-refractivity contribution in [2.75, 3.05) is 54.4 Å². The maximum absolute atomic E-state index is 14.6. The van der Waals surface area contributed by atoms with Crippen molar-refractivity contribution < 1.29 is 27.9 Å². The zero-order valence-corrected chi connectivity index (χ0v) is 29.1. The highest BCUT2D eigenvalue weighted by atomic mass is 35.5. The zero-order valence-electron chi connectivity index (χ0n) is 28.4. The minimum Gasteiger partial charge on any atom is -0.504 e. The van der Waals surface area contributed by atoms with Crippen LogP contribution >= 0.6 is 11.6 Å². The summed E-state index contributed by atoms with van der Waals surface area (Å²) in [6.45, 7) is 6.40. The van der Waals surface area contributed by atoms with Gasteiger partial charge in [0.2, 0.25) is 11.3 Å². The number of halogens is 4. The third kappa shape index (κ3) is 6.35. The molecule has 0 unspecified atom stereocenters. The van der Waals surface area contributed by atoms with Crippen LogP contribution in [0.4, 0.5) is 30.4 Å². The monoisotopic (exact) mass is 740 g/mol. The summed E-state index contributed by atoms with van der Waals surface area (Å²) in [6.07, 6.45) is -0.123. The second-order valence-electron chi connectivity index (χ2n) is 13.0. The van der Waals surface area contributed by atoms with Crippen LogP contribution in [0.5, 0.6) is 5.75 Å². The number of alkyl halides is 3. The lowest BCUT2D eigenvalue weighted by Crippen LogP contribution is -2.67. The highest BCUT2D eigenvalue weighted by Gasteiger charge is 2.47. The Hall–Kier alpha value is -5.03. The van der Waals surface area contributed by atoms with Gasteiger partial charge in [-0.05, 0) is 44.4 Å². The number of carbonyl (C=O) groups is 2. The van der Waals surface area contributed by atoms with Crippen molar-refractivity contribution in [1.29, 1.82) is 0 Å². The molecule has 7 rings (SSSR count). The van der Waals surface area contributed by atoms with Crippen LogP contribution < -0.4 is 25.9 Å². The van der Waals surface area contributed by atoms with Gasteiger partial charge < -0.3 is 35.0 Å². The van der Waals surface area contributed by atoms with E-state index in [4.69, 9.17) is 16.6 Å². The van der Waals surface area contributed by atoms with Crippen molar-refractivity contribution in [3.63, 3.8) is 0 Å². The minimum atomic E-state index is -4.61. The Kier molecular flexibility index (Phi) is 9.41. The Bertz CT molecular complexity index is 2120. The van der Waals surface area contributed by atoms with Crippen molar-refractivity contribution in [3.8, 4) is 5.75 Å². The summed E-state index contributed by atoms with van der Waals surface area (Å²) in [5.41, 5.74) is 0.0314. The number of fused-ring (bicyclic) bond motifs is 2. The van der Waals surface area contributed by atoms with Crippen LogP contribution in [0.2, 0.25) is 5.02 Å². The molecule has 3 aromatic heterocycles.